The van der Waals surface area contributed by atoms with E-state index in [1.807, 2.05) is 0 Å². The molecular weight excluding hydrogens is 358 g/mol. The number of primary amides is 1. The summed E-state index contributed by atoms with van der Waals surface area (Å²) in [5.41, 5.74) is 12.1. The lowest BCUT2D eigenvalue weighted by Gasteiger charge is -2.27. The highest BCUT2D eigenvalue weighted by molar-refractivity contribution is 9.10. The summed E-state index contributed by atoms with van der Waals surface area (Å²) in [4.78, 5) is 23.3. The van der Waals surface area contributed by atoms with Gasteiger partial charge in [0, 0.05) is 22.1 Å². The summed E-state index contributed by atoms with van der Waals surface area (Å²) in [6, 6.07) is 5.28. The molecule has 0 unspecified atom stereocenters. The van der Waals surface area contributed by atoms with Gasteiger partial charge in [0.05, 0.1) is 5.56 Å². The van der Waals surface area contributed by atoms with Crippen molar-refractivity contribution in [2.45, 2.75) is 31.7 Å². The molecule has 0 spiro atoms. The third-order valence-corrected chi connectivity index (χ3v) is 4.22. The van der Waals surface area contributed by atoms with Crippen molar-refractivity contribution >= 4 is 45.8 Å². The predicted octanol–water partition coefficient (Wildman–Crippen LogP) is 2.23. The van der Waals surface area contributed by atoms with Crippen LogP contribution in [-0.4, -0.2) is 17.9 Å². The zero-order valence-electron chi connectivity index (χ0n) is 11.5. The van der Waals surface area contributed by atoms with Gasteiger partial charge in [-0.3, -0.25) is 9.59 Å². The van der Waals surface area contributed by atoms with Crippen molar-refractivity contribution in [3.8, 4) is 0 Å². The van der Waals surface area contributed by atoms with E-state index in [0.29, 0.717) is 11.3 Å². The molecule has 1 saturated carbocycles. The molecule has 0 radical (unpaired) electrons. The number of anilines is 1. The van der Waals surface area contributed by atoms with E-state index >= 15 is 0 Å². The summed E-state index contributed by atoms with van der Waals surface area (Å²) < 4.78 is 0.841. The standard InChI is InChI=1S/C14H18BrN3O2.ClH/c15-9-3-6-11(12(16)7-9)14(20)18-10-4-1-8(2-5-10)13(17)19;/h3,6-8,10H,1-2,4-5,16H2,(H2,17,19)(H,18,20);1H. The molecule has 0 aliphatic heterocycles. The SMILES string of the molecule is Cl.NC(=O)C1CCC(NC(=O)c2ccc(Br)cc2N)CC1. The van der Waals surface area contributed by atoms with E-state index in [-0.39, 0.29) is 36.2 Å². The van der Waals surface area contributed by atoms with E-state index in [1.165, 1.54) is 0 Å². The predicted molar refractivity (Wildman–Crippen MR) is 88.2 cm³/mol. The van der Waals surface area contributed by atoms with Crippen LogP contribution in [0.3, 0.4) is 0 Å². The fourth-order valence-electron chi connectivity index (χ4n) is 2.53. The van der Waals surface area contributed by atoms with Gasteiger partial charge in [-0.15, -0.1) is 12.4 Å². The summed E-state index contributed by atoms with van der Waals surface area (Å²) >= 11 is 3.31. The summed E-state index contributed by atoms with van der Waals surface area (Å²) in [6.07, 6.45) is 3.01. The molecule has 1 aromatic rings. The second-order valence-electron chi connectivity index (χ2n) is 5.16. The molecular formula is C14H19BrClN3O2. The maximum atomic E-state index is 12.2. The van der Waals surface area contributed by atoms with Gasteiger partial charge in [-0.1, -0.05) is 15.9 Å². The molecule has 2 amide bonds. The number of benzene rings is 1. The first-order chi connectivity index (χ1) is 9.47. The number of rotatable bonds is 3. The topological polar surface area (TPSA) is 98.2 Å². The highest BCUT2D eigenvalue weighted by Crippen LogP contribution is 2.25. The van der Waals surface area contributed by atoms with Crippen molar-refractivity contribution in [3.05, 3.63) is 28.2 Å². The van der Waals surface area contributed by atoms with Crippen LogP contribution < -0.4 is 16.8 Å². The Hall–Kier alpha value is -1.27. The average Bonchev–Trinajstić information content (AvgIpc) is 2.39. The minimum absolute atomic E-state index is 0. The van der Waals surface area contributed by atoms with Gasteiger partial charge in [-0.2, -0.15) is 0 Å². The Balaban J connectivity index is 0.00000220. The number of nitrogens with one attached hydrogen (secondary N) is 1. The molecule has 2 rings (SSSR count). The number of carbonyl (C=O) groups is 2. The van der Waals surface area contributed by atoms with E-state index in [2.05, 4.69) is 21.2 Å². The number of halogens is 2. The fourth-order valence-corrected chi connectivity index (χ4v) is 2.90. The summed E-state index contributed by atoms with van der Waals surface area (Å²) in [5, 5.41) is 2.97. The van der Waals surface area contributed by atoms with Gasteiger partial charge in [-0.25, -0.2) is 0 Å². The van der Waals surface area contributed by atoms with Crippen molar-refractivity contribution in [3.63, 3.8) is 0 Å². The second kappa shape index (κ2) is 7.66. The fraction of sp³-hybridized carbons (Fsp3) is 0.429. The number of carbonyl (C=O) groups excluding carboxylic acids is 2. The quantitative estimate of drug-likeness (QED) is 0.705. The molecule has 21 heavy (non-hydrogen) atoms. The zero-order valence-corrected chi connectivity index (χ0v) is 13.9. The lowest BCUT2D eigenvalue weighted by atomic mass is 9.85. The highest BCUT2D eigenvalue weighted by atomic mass is 79.9. The number of hydrogen-bond acceptors (Lipinski definition) is 3. The van der Waals surface area contributed by atoms with Gasteiger partial charge in [0.25, 0.3) is 5.91 Å². The van der Waals surface area contributed by atoms with Crippen LogP contribution in [-0.2, 0) is 4.79 Å². The first kappa shape index (κ1) is 17.8. The van der Waals surface area contributed by atoms with E-state index in [0.717, 1.165) is 30.2 Å². The second-order valence-corrected chi connectivity index (χ2v) is 6.07. The Labute approximate surface area is 138 Å². The third-order valence-electron chi connectivity index (χ3n) is 3.72. The summed E-state index contributed by atoms with van der Waals surface area (Å²) in [6.45, 7) is 0. The Bertz CT molecular complexity index is 531. The van der Waals surface area contributed by atoms with Crippen LogP contribution in [0, 0.1) is 5.92 Å². The molecule has 1 aliphatic carbocycles. The molecule has 0 aromatic heterocycles. The van der Waals surface area contributed by atoms with Crippen molar-refractivity contribution in [2.24, 2.45) is 11.7 Å². The van der Waals surface area contributed by atoms with Crippen molar-refractivity contribution in [1.82, 2.24) is 5.32 Å². The average molecular weight is 377 g/mol. The molecule has 5 nitrogen and oxygen atoms in total. The van der Waals surface area contributed by atoms with E-state index in [9.17, 15) is 9.59 Å². The minimum Gasteiger partial charge on any atom is -0.398 e. The molecule has 0 saturated heterocycles. The van der Waals surface area contributed by atoms with Gasteiger partial charge in [0.2, 0.25) is 5.91 Å². The monoisotopic (exact) mass is 375 g/mol. The smallest absolute Gasteiger partial charge is 0.253 e. The Morgan fingerprint density at radius 2 is 1.81 bits per heavy atom. The van der Waals surface area contributed by atoms with E-state index < -0.39 is 0 Å². The van der Waals surface area contributed by atoms with Gasteiger partial charge in [-0.05, 0) is 43.9 Å². The maximum Gasteiger partial charge on any atom is 0.253 e. The molecule has 116 valence electrons. The molecule has 0 atom stereocenters. The van der Waals surface area contributed by atoms with Crippen molar-refractivity contribution < 1.29 is 9.59 Å². The van der Waals surface area contributed by atoms with E-state index in [1.54, 1.807) is 18.2 Å². The Morgan fingerprint density at radius 3 is 2.33 bits per heavy atom. The molecule has 1 aromatic carbocycles. The first-order valence-electron chi connectivity index (χ1n) is 6.62. The zero-order chi connectivity index (χ0) is 14.7. The number of nitrogens with two attached hydrogens (primary N) is 2. The van der Waals surface area contributed by atoms with Gasteiger partial charge < -0.3 is 16.8 Å². The lowest BCUT2D eigenvalue weighted by molar-refractivity contribution is -0.122. The molecule has 1 fully saturated rings. The van der Waals surface area contributed by atoms with Crippen LogP contribution in [0.1, 0.15) is 36.0 Å². The Kier molecular flexibility index (Phi) is 6.48. The maximum absolute atomic E-state index is 12.2. The number of amides is 2. The van der Waals surface area contributed by atoms with Crippen LogP contribution in [0.25, 0.3) is 0 Å². The Morgan fingerprint density at radius 1 is 1.19 bits per heavy atom. The van der Waals surface area contributed by atoms with Crippen LogP contribution in [0.2, 0.25) is 0 Å². The molecule has 0 bridgehead atoms. The van der Waals surface area contributed by atoms with E-state index in [4.69, 9.17) is 11.5 Å². The molecule has 1 aliphatic rings. The van der Waals surface area contributed by atoms with Crippen LogP contribution in [0.5, 0.6) is 0 Å². The normalized spacial score (nSPS) is 21.2. The molecule has 0 heterocycles. The van der Waals surface area contributed by atoms with Crippen LogP contribution >= 0.6 is 28.3 Å². The van der Waals surface area contributed by atoms with Crippen molar-refractivity contribution in [2.75, 3.05) is 5.73 Å². The highest BCUT2D eigenvalue weighted by Gasteiger charge is 2.26. The summed E-state index contributed by atoms with van der Waals surface area (Å²) in [5.74, 6) is -0.467. The lowest BCUT2D eigenvalue weighted by Crippen LogP contribution is -2.40. The molecule has 5 N–H and O–H groups in total. The molecule has 7 heteroatoms. The first-order valence-corrected chi connectivity index (χ1v) is 7.42. The number of hydrogen-bond donors (Lipinski definition) is 3. The van der Waals surface area contributed by atoms with Crippen LogP contribution in [0.15, 0.2) is 22.7 Å². The summed E-state index contributed by atoms with van der Waals surface area (Å²) in [7, 11) is 0. The minimum atomic E-state index is -0.244. The van der Waals surface area contributed by atoms with Gasteiger partial charge in [0.1, 0.15) is 0 Å². The third kappa shape index (κ3) is 4.61. The van der Waals surface area contributed by atoms with Crippen molar-refractivity contribution in [1.29, 1.82) is 0 Å². The van der Waals surface area contributed by atoms with Gasteiger partial charge in [0.15, 0.2) is 0 Å². The largest absolute Gasteiger partial charge is 0.398 e. The van der Waals surface area contributed by atoms with Crippen LogP contribution in [0.4, 0.5) is 5.69 Å². The number of nitrogen functional groups attached to an aromatic ring is 1. The van der Waals surface area contributed by atoms with Gasteiger partial charge >= 0.3 is 0 Å².